The normalized spacial score (nSPS) is 9.75. The Labute approximate surface area is 91.6 Å². The molecule has 0 fully saturated rings. The summed E-state index contributed by atoms with van der Waals surface area (Å²) in [4.78, 5) is 20.7. The molecule has 2 aromatic heterocycles. The molecule has 0 aliphatic heterocycles. The number of rotatable bonds is 0. The van der Waals surface area contributed by atoms with Gasteiger partial charge >= 0.3 is 11.5 Å². The molecule has 0 bridgehead atoms. The van der Waals surface area contributed by atoms with E-state index in [0.717, 1.165) is 4.68 Å². The summed E-state index contributed by atoms with van der Waals surface area (Å²) in [6.07, 6.45) is 0. The summed E-state index contributed by atoms with van der Waals surface area (Å²) in [6.45, 7) is 3.33. The first-order valence-electron chi connectivity index (χ1n) is 4.42. The maximum atomic E-state index is 10.4. The minimum absolute atomic E-state index is 0. The lowest BCUT2D eigenvalue weighted by Gasteiger charge is -1.81. The van der Waals surface area contributed by atoms with Crippen molar-refractivity contribution in [2.75, 3.05) is 0 Å². The van der Waals surface area contributed by atoms with Gasteiger partial charge in [0.25, 0.3) is 0 Å². The van der Waals surface area contributed by atoms with Crippen LogP contribution in [0.2, 0.25) is 0 Å². The molecule has 0 spiro atoms. The number of aryl methyl sites for hydroxylation is 3. The zero-order valence-corrected chi connectivity index (χ0v) is 9.42. The van der Waals surface area contributed by atoms with E-state index in [1.807, 2.05) is 0 Å². The van der Waals surface area contributed by atoms with E-state index in [1.165, 1.54) is 4.57 Å². The van der Waals surface area contributed by atoms with E-state index in [-0.39, 0.29) is 1.43 Å². The number of hydrogen-bond acceptors (Lipinski definition) is 6. The molecule has 0 N–H and O–H groups in total. The summed E-state index contributed by atoms with van der Waals surface area (Å²) >= 11 is 0. The molecule has 2 heterocycles. The summed E-state index contributed by atoms with van der Waals surface area (Å²) in [5.41, 5.74) is 0. The molecular weight excluding hydrogens is 216 g/mol. The summed E-state index contributed by atoms with van der Waals surface area (Å²) in [5.74, 6) is 0.164. The van der Waals surface area contributed by atoms with Gasteiger partial charge in [-0.1, -0.05) is 5.16 Å². The van der Waals surface area contributed by atoms with Crippen molar-refractivity contribution in [1.29, 1.82) is 0 Å². The smallest absolute Gasteiger partial charge is 0.393 e. The van der Waals surface area contributed by atoms with Gasteiger partial charge in [0.1, 0.15) is 0 Å². The van der Waals surface area contributed by atoms with E-state index in [0.29, 0.717) is 11.7 Å². The molecule has 8 nitrogen and oxygen atoms in total. The quantitative estimate of drug-likeness (QED) is 0.612. The molecule has 0 saturated heterocycles. The molecule has 0 aliphatic rings. The first-order chi connectivity index (χ1) is 7.41. The van der Waals surface area contributed by atoms with Gasteiger partial charge in [0.05, 0.1) is 0 Å². The van der Waals surface area contributed by atoms with Crippen molar-refractivity contribution < 1.29 is 10.4 Å². The second kappa shape index (κ2) is 4.60. The topological polar surface area (TPSA) is 96.1 Å². The Bertz CT molecular complexity index is 577. The molecule has 16 heavy (non-hydrogen) atoms. The van der Waals surface area contributed by atoms with Crippen molar-refractivity contribution in [2.24, 2.45) is 14.1 Å². The van der Waals surface area contributed by atoms with Gasteiger partial charge in [-0.3, -0.25) is 9.09 Å². The fourth-order valence-electron chi connectivity index (χ4n) is 0.825. The molecule has 0 amide bonds. The van der Waals surface area contributed by atoms with Crippen LogP contribution in [-0.2, 0) is 14.1 Å². The maximum absolute atomic E-state index is 10.4. The number of aromatic nitrogens is 4. The predicted octanol–water partition coefficient (Wildman–Crippen LogP) is -0.391. The van der Waals surface area contributed by atoms with Gasteiger partial charge in [-0.2, -0.15) is 4.68 Å². The second-order valence-electron chi connectivity index (χ2n) is 3.07. The van der Waals surface area contributed by atoms with Gasteiger partial charge < -0.3 is 4.42 Å². The van der Waals surface area contributed by atoms with E-state index in [4.69, 9.17) is 0 Å². The molecule has 90 valence electrons. The lowest BCUT2D eigenvalue weighted by atomic mass is 10.7. The summed E-state index contributed by atoms with van der Waals surface area (Å²) in [5, 5.41) is 7.04. The lowest BCUT2D eigenvalue weighted by Crippen LogP contribution is -2.09. The third kappa shape index (κ3) is 2.69. The van der Waals surface area contributed by atoms with Gasteiger partial charge in [0.15, 0.2) is 5.82 Å². The van der Waals surface area contributed by atoms with Crippen LogP contribution in [0.25, 0.3) is 0 Å². The lowest BCUT2D eigenvalue weighted by molar-refractivity contribution is 0.377. The van der Waals surface area contributed by atoms with E-state index < -0.39 is 11.5 Å². The van der Waals surface area contributed by atoms with Crippen LogP contribution in [0, 0.1) is 13.8 Å². The van der Waals surface area contributed by atoms with E-state index in [1.54, 1.807) is 27.9 Å². The highest BCUT2D eigenvalue weighted by molar-refractivity contribution is 4.74. The minimum atomic E-state index is -0.414. The van der Waals surface area contributed by atoms with Crippen molar-refractivity contribution in [1.82, 2.24) is 19.5 Å². The number of nitrogens with zero attached hydrogens (tertiary/aromatic N) is 4. The van der Waals surface area contributed by atoms with Gasteiger partial charge in [0.2, 0.25) is 5.89 Å². The molecule has 0 aromatic carbocycles. The Balaban J connectivity index is 0.000000284. The standard InChI is InChI=1S/2C4H6N2O2.H2/c1-3-5-6(2)4(7)8-3;1-3-5-8-4(7)6(3)2;/h2*1-2H3;1H/i;;1+1. The molecule has 2 aromatic rings. The first-order valence-corrected chi connectivity index (χ1v) is 4.42. The third-order valence-corrected chi connectivity index (χ3v) is 1.81. The highest BCUT2D eigenvalue weighted by Crippen LogP contribution is 1.80. The van der Waals surface area contributed by atoms with Crippen LogP contribution in [0.4, 0.5) is 0 Å². The fourth-order valence-corrected chi connectivity index (χ4v) is 0.825. The zero-order valence-electron chi connectivity index (χ0n) is 9.42. The van der Waals surface area contributed by atoms with Crippen molar-refractivity contribution in [2.45, 2.75) is 13.8 Å². The molecule has 8 heteroatoms. The molecule has 0 unspecified atom stereocenters. The van der Waals surface area contributed by atoms with Crippen molar-refractivity contribution in [3.8, 4) is 0 Å². The molecule has 0 aliphatic carbocycles. The number of hydrogen-bond donors (Lipinski definition) is 0. The predicted molar refractivity (Wildman–Crippen MR) is 55.1 cm³/mol. The average Bonchev–Trinajstić information content (AvgIpc) is 2.65. The van der Waals surface area contributed by atoms with Crippen LogP contribution in [-0.4, -0.2) is 19.5 Å². The average molecular weight is 231 g/mol. The molecule has 0 radical (unpaired) electrons. The van der Waals surface area contributed by atoms with Crippen molar-refractivity contribution in [3.05, 3.63) is 32.8 Å². The van der Waals surface area contributed by atoms with Crippen molar-refractivity contribution >= 4 is 0 Å². The van der Waals surface area contributed by atoms with Crippen LogP contribution < -0.4 is 11.5 Å². The Kier molecular flexibility index (Phi) is 3.44. The molecule has 0 saturated carbocycles. The highest BCUT2D eigenvalue weighted by atomic mass is 16.5. The van der Waals surface area contributed by atoms with Crippen LogP contribution in [0.3, 0.4) is 0 Å². The zero-order chi connectivity index (χ0) is 12.3. The summed E-state index contributed by atoms with van der Waals surface area (Å²) in [6, 6.07) is 0. The molecular formula is C8H14N4O4. The third-order valence-electron chi connectivity index (χ3n) is 1.81. The van der Waals surface area contributed by atoms with Crippen LogP contribution in [0.15, 0.2) is 18.5 Å². The second-order valence-corrected chi connectivity index (χ2v) is 3.07. The van der Waals surface area contributed by atoms with Crippen LogP contribution >= 0.6 is 0 Å². The Hall–Kier alpha value is -2.12. The molecule has 2 rings (SSSR count). The largest absolute Gasteiger partial charge is 0.441 e. The fraction of sp³-hybridized carbons (Fsp3) is 0.500. The van der Waals surface area contributed by atoms with Gasteiger partial charge in [0, 0.05) is 22.4 Å². The first kappa shape index (κ1) is 12.0. The SMILES string of the molecule is Cc1nn(C)c(=O)o1.Cc1noc(=O)n1C.[2HH]. The van der Waals surface area contributed by atoms with E-state index in [9.17, 15) is 9.59 Å². The Morgan fingerprint density at radius 2 is 1.81 bits per heavy atom. The highest BCUT2D eigenvalue weighted by Gasteiger charge is 1.96. The van der Waals surface area contributed by atoms with E-state index >= 15 is 0 Å². The monoisotopic (exact) mass is 231 g/mol. The van der Waals surface area contributed by atoms with Gasteiger partial charge in [-0.05, 0) is 6.92 Å². The van der Waals surface area contributed by atoms with Gasteiger partial charge in [-0.25, -0.2) is 9.59 Å². The van der Waals surface area contributed by atoms with Crippen LogP contribution in [0.1, 0.15) is 13.1 Å². The summed E-state index contributed by atoms with van der Waals surface area (Å²) < 4.78 is 11.2. The minimum Gasteiger partial charge on any atom is -0.393 e. The van der Waals surface area contributed by atoms with Crippen molar-refractivity contribution in [3.63, 3.8) is 0 Å². The summed E-state index contributed by atoms with van der Waals surface area (Å²) in [7, 11) is 3.15. The van der Waals surface area contributed by atoms with E-state index in [2.05, 4.69) is 19.2 Å². The van der Waals surface area contributed by atoms with Gasteiger partial charge in [-0.15, -0.1) is 5.10 Å². The molecule has 0 atom stereocenters. The maximum Gasteiger partial charge on any atom is 0.441 e. The Morgan fingerprint density at radius 3 is 1.94 bits per heavy atom. The Morgan fingerprint density at radius 1 is 1.19 bits per heavy atom. The van der Waals surface area contributed by atoms with Crippen LogP contribution in [0.5, 0.6) is 0 Å².